The Morgan fingerprint density at radius 3 is 2.56 bits per heavy atom. The van der Waals surface area contributed by atoms with E-state index in [0.29, 0.717) is 5.33 Å². The Balaban J connectivity index is 2.61. The summed E-state index contributed by atoms with van der Waals surface area (Å²) >= 11 is 3.19. The van der Waals surface area contributed by atoms with Crippen molar-refractivity contribution in [2.45, 2.75) is 51.7 Å². The highest BCUT2D eigenvalue weighted by Crippen LogP contribution is 2.53. The van der Waals surface area contributed by atoms with E-state index in [1.807, 2.05) is 0 Å². The minimum Gasteiger partial charge on any atom is -0.297 e. The summed E-state index contributed by atoms with van der Waals surface area (Å²) in [5, 5.41) is 0.531. The number of hydrogen-bond acceptors (Lipinski definition) is 5. The van der Waals surface area contributed by atoms with Crippen LogP contribution < -0.4 is 0 Å². The number of phosphoric ester groups is 1. The number of phosphoric acid groups is 1. The van der Waals surface area contributed by atoms with Crippen LogP contribution in [0.15, 0.2) is 0 Å². The first-order valence-electron chi connectivity index (χ1n) is 6.14. The summed E-state index contributed by atoms with van der Waals surface area (Å²) in [6, 6.07) is 0. The summed E-state index contributed by atoms with van der Waals surface area (Å²) in [5.41, 5.74) is 0. The molecule has 0 amide bonds. The average molecular weight is 343 g/mol. The van der Waals surface area contributed by atoms with E-state index in [1.165, 1.54) is 6.92 Å². The van der Waals surface area contributed by atoms with Gasteiger partial charge in [0, 0.05) is 5.33 Å². The maximum atomic E-state index is 12.4. The predicted octanol–water partition coefficient (Wildman–Crippen LogP) is 3.46. The van der Waals surface area contributed by atoms with Crippen molar-refractivity contribution in [1.82, 2.24) is 0 Å². The molecule has 2 atom stereocenters. The molecule has 0 aromatic rings. The van der Waals surface area contributed by atoms with Crippen LogP contribution >= 0.6 is 23.8 Å². The van der Waals surface area contributed by atoms with Crippen molar-refractivity contribution in [2.75, 3.05) is 11.9 Å². The molecular weight excluding hydrogens is 323 g/mol. The van der Waals surface area contributed by atoms with Crippen molar-refractivity contribution >= 4 is 29.5 Å². The molecular formula is C11H20BrO5P. The van der Waals surface area contributed by atoms with E-state index >= 15 is 0 Å². The molecule has 106 valence electrons. The molecule has 18 heavy (non-hydrogen) atoms. The maximum absolute atomic E-state index is 12.4. The third-order valence-corrected chi connectivity index (χ3v) is 4.72. The molecule has 0 spiro atoms. The summed E-state index contributed by atoms with van der Waals surface area (Å²) in [6.45, 7) is 3.15. The van der Waals surface area contributed by atoms with Gasteiger partial charge in [0.1, 0.15) is 6.10 Å². The minimum absolute atomic E-state index is 0.0923. The highest BCUT2D eigenvalue weighted by molar-refractivity contribution is 9.09. The highest BCUT2D eigenvalue weighted by atomic mass is 79.9. The van der Waals surface area contributed by atoms with Gasteiger partial charge in [-0.2, -0.15) is 0 Å². The van der Waals surface area contributed by atoms with Crippen LogP contribution in [0, 0.1) is 0 Å². The molecule has 1 aliphatic rings. The summed E-state index contributed by atoms with van der Waals surface area (Å²) in [6.07, 6.45) is 2.97. The Morgan fingerprint density at radius 1 is 1.44 bits per heavy atom. The molecule has 0 aromatic carbocycles. The van der Waals surface area contributed by atoms with Gasteiger partial charge in [0.2, 0.25) is 0 Å². The molecule has 1 rings (SSSR count). The number of carbonyl (C=O) groups is 1. The first-order chi connectivity index (χ1) is 8.47. The highest BCUT2D eigenvalue weighted by Gasteiger charge is 2.34. The van der Waals surface area contributed by atoms with Crippen molar-refractivity contribution in [3.63, 3.8) is 0 Å². The Hall–Kier alpha value is 0.260. The third-order valence-electron chi connectivity index (χ3n) is 2.77. The van der Waals surface area contributed by atoms with Crippen LogP contribution in [0.25, 0.3) is 0 Å². The van der Waals surface area contributed by atoms with E-state index in [0.717, 1.165) is 25.7 Å². The van der Waals surface area contributed by atoms with E-state index in [1.54, 1.807) is 6.92 Å². The van der Waals surface area contributed by atoms with Gasteiger partial charge in [-0.1, -0.05) is 28.8 Å². The summed E-state index contributed by atoms with van der Waals surface area (Å²) in [7, 11) is -3.65. The Morgan fingerprint density at radius 2 is 2.06 bits per heavy atom. The van der Waals surface area contributed by atoms with Gasteiger partial charge >= 0.3 is 7.82 Å². The largest absolute Gasteiger partial charge is 0.475 e. The molecule has 0 N–H and O–H groups in total. The first kappa shape index (κ1) is 16.3. The van der Waals surface area contributed by atoms with Crippen LogP contribution in [0.2, 0.25) is 0 Å². The zero-order valence-corrected chi connectivity index (χ0v) is 13.2. The molecule has 0 bridgehead atoms. The molecule has 7 heteroatoms. The molecule has 2 unspecified atom stereocenters. The lowest BCUT2D eigenvalue weighted by molar-refractivity contribution is -0.124. The molecule has 1 saturated carbocycles. The first-order valence-corrected chi connectivity index (χ1v) is 8.73. The average Bonchev–Trinajstić information content (AvgIpc) is 2.78. The van der Waals surface area contributed by atoms with Gasteiger partial charge in [-0.25, -0.2) is 4.57 Å². The van der Waals surface area contributed by atoms with E-state index in [9.17, 15) is 9.36 Å². The third kappa shape index (κ3) is 5.49. The summed E-state index contributed by atoms with van der Waals surface area (Å²) < 4.78 is 28.2. The van der Waals surface area contributed by atoms with Crippen molar-refractivity contribution in [1.29, 1.82) is 0 Å². The van der Waals surface area contributed by atoms with E-state index in [2.05, 4.69) is 15.9 Å². The van der Waals surface area contributed by atoms with Crippen LogP contribution in [0.5, 0.6) is 0 Å². The topological polar surface area (TPSA) is 61.8 Å². The number of Topliss-reactive ketones (excluding diaryl/α,β-unsaturated/α-hetero) is 1. The van der Waals surface area contributed by atoms with E-state index in [4.69, 9.17) is 13.6 Å². The van der Waals surface area contributed by atoms with Gasteiger partial charge in [-0.3, -0.25) is 18.4 Å². The Kier molecular flexibility index (Phi) is 7.03. The molecule has 0 radical (unpaired) electrons. The van der Waals surface area contributed by atoms with E-state index < -0.39 is 13.9 Å². The Bertz CT molecular complexity index is 317. The lowest BCUT2D eigenvalue weighted by atomic mass is 10.3. The second-order valence-electron chi connectivity index (χ2n) is 4.34. The van der Waals surface area contributed by atoms with Gasteiger partial charge < -0.3 is 0 Å². The van der Waals surface area contributed by atoms with Gasteiger partial charge in [-0.05, 0) is 26.7 Å². The normalized spacial score (nSPS) is 21.7. The van der Waals surface area contributed by atoms with Crippen molar-refractivity contribution < 1.29 is 22.9 Å². The van der Waals surface area contributed by atoms with Gasteiger partial charge in [0.25, 0.3) is 0 Å². The van der Waals surface area contributed by atoms with Gasteiger partial charge in [0.15, 0.2) is 5.78 Å². The van der Waals surface area contributed by atoms with Crippen molar-refractivity contribution in [3.8, 4) is 0 Å². The fourth-order valence-corrected chi connectivity index (χ4v) is 3.69. The van der Waals surface area contributed by atoms with Crippen LogP contribution in [-0.4, -0.2) is 29.9 Å². The van der Waals surface area contributed by atoms with Crippen LogP contribution in [0.3, 0.4) is 0 Å². The molecule has 5 nitrogen and oxygen atoms in total. The number of hydrogen-bond donors (Lipinski definition) is 0. The number of ketones is 1. The molecule has 0 heterocycles. The second kappa shape index (κ2) is 7.75. The smallest absolute Gasteiger partial charge is 0.297 e. The van der Waals surface area contributed by atoms with Crippen LogP contribution in [0.4, 0.5) is 0 Å². The predicted molar refractivity (Wildman–Crippen MR) is 71.9 cm³/mol. The summed E-state index contributed by atoms with van der Waals surface area (Å²) in [4.78, 5) is 11.2. The fraction of sp³-hybridized carbons (Fsp3) is 0.909. The van der Waals surface area contributed by atoms with Crippen molar-refractivity contribution in [2.24, 2.45) is 0 Å². The lowest BCUT2D eigenvalue weighted by Crippen LogP contribution is -2.19. The Labute approximate surface area is 116 Å². The second-order valence-corrected chi connectivity index (χ2v) is 6.71. The van der Waals surface area contributed by atoms with Crippen molar-refractivity contribution in [3.05, 3.63) is 0 Å². The molecule has 0 saturated heterocycles. The summed E-state index contributed by atoms with van der Waals surface area (Å²) in [5.74, 6) is -0.201. The number of halogens is 1. The lowest BCUT2D eigenvalue weighted by Gasteiger charge is -2.23. The van der Waals surface area contributed by atoms with Crippen LogP contribution in [-0.2, 0) is 22.9 Å². The quantitative estimate of drug-likeness (QED) is 0.499. The number of carbonyl (C=O) groups excluding carboxylic acids is 1. The molecule has 0 aliphatic heterocycles. The zero-order valence-electron chi connectivity index (χ0n) is 10.8. The molecule has 0 aromatic heterocycles. The van der Waals surface area contributed by atoms with Gasteiger partial charge in [0.05, 0.1) is 12.7 Å². The van der Waals surface area contributed by atoms with Gasteiger partial charge in [-0.15, -0.1) is 0 Å². The number of alkyl halides is 1. The molecule has 1 aliphatic carbocycles. The fourth-order valence-electron chi connectivity index (χ4n) is 1.68. The number of rotatable bonds is 8. The standard InChI is InChI=1S/C11H20BrO5P/c1-9(13)10(2)16-18(14,15-8-7-12)17-11-5-3-4-6-11/h10-11H,3-8H2,1-2H3. The van der Waals surface area contributed by atoms with E-state index in [-0.39, 0.29) is 18.5 Å². The zero-order chi connectivity index (χ0) is 13.6. The minimum atomic E-state index is -3.65. The SMILES string of the molecule is CC(=O)C(C)OP(=O)(OCCBr)OC1CCCC1. The molecule has 1 fully saturated rings. The van der Waals surface area contributed by atoms with Crippen LogP contribution in [0.1, 0.15) is 39.5 Å². The monoisotopic (exact) mass is 342 g/mol. The maximum Gasteiger partial charge on any atom is 0.475 e.